The van der Waals surface area contributed by atoms with Gasteiger partial charge in [0.1, 0.15) is 13.2 Å². The van der Waals surface area contributed by atoms with Gasteiger partial charge in [0.2, 0.25) is 5.91 Å². The van der Waals surface area contributed by atoms with Crippen molar-refractivity contribution in [3.05, 3.63) is 58.1 Å². The van der Waals surface area contributed by atoms with Gasteiger partial charge in [-0.15, -0.1) is 0 Å². The molecule has 24 heavy (non-hydrogen) atoms. The maximum absolute atomic E-state index is 12.0. The van der Waals surface area contributed by atoms with Crippen LogP contribution in [-0.4, -0.2) is 25.1 Å². The largest absolute Gasteiger partial charge is 0.487 e. The molecular weight excluding hydrogens is 353 g/mol. The first-order chi connectivity index (χ1) is 11.5. The molecule has 0 spiro atoms. The minimum Gasteiger partial charge on any atom is -0.487 e. The van der Waals surface area contributed by atoms with Crippen molar-refractivity contribution in [2.24, 2.45) is 0 Å². The van der Waals surface area contributed by atoms with Crippen LogP contribution in [0.3, 0.4) is 0 Å². The van der Waals surface area contributed by atoms with Gasteiger partial charge in [0, 0.05) is 12.6 Å². The second-order valence-corrected chi connectivity index (χ2v) is 5.61. The molecule has 1 amide bonds. The van der Waals surface area contributed by atoms with E-state index < -0.39 is 5.97 Å². The Kier molecular flexibility index (Phi) is 6.46. The highest BCUT2D eigenvalue weighted by atomic mass is 35.5. The van der Waals surface area contributed by atoms with Crippen LogP contribution in [0, 0.1) is 0 Å². The van der Waals surface area contributed by atoms with Crippen molar-refractivity contribution in [1.82, 2.24) is 0 Å². The van der Waals surface area contributed by atoms with E-state index in [1.54, 1.807) is 36.4 Å². The highest BCUT2D eigenvalue weighted by Crippen LogP contribution is 2.32. The second-order valence-electron chi connectivity index (χ2n) is 4.80. The monoisotopic (exact) mass is 367 g/mol. The number of ether oxygens (including phenoxy) is 2. The summed E-state index contributed by atoms with van der Waals surface area (Å²) in [7, 11) is 0. The van der Waals surface area contributed by atoms with Crippen LogP contribution < -0.4 is 10.1 Å². The summed E-state index contributed by atoms with van der Waals surface area (Å²) in [5.41, 5.74) is 0.855. The molecule has 0 saturated heterocycles. The molecule has 0 aliphatic carbocycles. The van der Waals surface area contributed by atoms with Crippen LogP contribution in [0.15, 0.2) is 42.5 Å². The summed E-state index contributed by atoms with van der Waals surface area (Å²) in [6, 6.07) is 11.5. The molecular formula is C17H15Cl2NO4. The Labute approximate surface area is 149 Å². The minimum atomic E-state index is -0.518. The number of hydrogen-bond donors (Lipinski definition) is 1. The lowest BCUT2D eigenvalue weighted by molar-refractivity contribution is -0.114. The van der Waals surface area contributed by atoms with E-state index >= 15 is 0 Å². The fourth-order valence-electron chi connectivity index (χ4n) is 1.91. The first-order valence-corrected chi connectivity index (χ1v) is 7.84. The lowest BCUT2D eigenvalue weighted by atomic mass is 10.2. The molecule has 0 unspecified atom stereocenters. The van der Waals surface area contributed by atoms with Gasteiger partial charge in [-0.2, -0.15) is 0 Å². The van der Waals surface area contributed by atoms with Gasteiger partial charge in [0.25, 0.3) is 0 Å². The maximum Gasteiger partial charge on any atom is 0.338 e. The summed E-state index contributed by atoms with van der Waals surface area (Å²) in [6.45, 7) is 1.54. The SMILES string of the molecule is CC(=O)Nc1cccc(C(=O)OCCOc2c(Cl)cccc2Cl)c1. The Balaban J connectivity index is 1.86. The zero-order chi connectivity index (χ0) is 17.5. The van der Waals surface area contributed by atoms with Crippen molar-refractivity contribution in [1.29, 1.82) is 0 Å². The van der Waals surface area contributed by atoms with E-state index in [0.29, 0.717) is 27.0 Å². The van der Waals surface area contributed by atoms with Gasteiger partial charge >= 0.3 is 5.97 Å². The maximum atomic E-state index is 12.0. The van der Waals surface area contributed by atoms with E-state index in [9.17, 15) is 9.59 Å². The zero-order valence-corrected chi connectivity index (χ0v) is 14.4. The number of rotatable bonds is 6. The van der Waals surface area contributed by atoms with Gasteiger partial charge in [0.05, 0.1) is 15.6 Å². The molecule has 0 aliphatic heterocycles. The molecule has 0 saturated carbocycles. The lowest BCUT2D eigenvalue weighted by Crippen LogP contribution is -2.13. The highest BCUT2D eigenvalue weighted by molar-refractivity contribution is 6.37. The van der Waals surface area contributed by atoms with E-state index in [2.05, 4.69) is 5.32 Å². The number of para-hydroxylation sites is 1. The molecule has 0 aliphatic rings. The van der Waals surface area contributed by atoms with Gasteiger partial charge in [0.15, 0.2) is 5.75 Å². The Morgan fingerprint density at radius 1 is 1.04 bits per heavy atom. The van der Waals surface area contributed by atoms with Gasteiger partial charge in [-0.3, -0.25) is 4.79 Å². The van der Waals surface area contributed by atoms with E-state index in [0.717, 1.165) is 0 Å². The standard InChI is InChI=1S/C17H15Cl2NO4/c1-11(21)20-13-5-2-4-12(10-13)17(22)24-9-8-23-16-14(18)6-3-7-15(16)19/h2-7,10H,8-9H2,1H3,(H,20,21). The molecule has 2 aromatic carbocycles. The second kappa shape index (κ2) is 8.57. The highest BCUT2D eigenvalue weighted by Gasteiger charge is 2.10. The van der Waals surface area contributed by atoms with Crippen molar-refractivity contribution in [2.75, 3.05) is 18.5 Å². The molecule has 2 rings (SSSR count). The van der Waals surface area contributed by atoms with Crippen molar-refractivity contribution in [3.8, 4) is 5.75 Å². The fraction of sp³-hybridized carbons (Fsp3) is 0.176. The smallest absolute Gasteiger partial charge is 0.338 e. The topological polar surface area (TPSA) is 64.6 Å². The first kappa shape index (κ1) is 18.1. The number of anilines is 1. The quantitative estimate of drug-likeness (QED) is 0.614. The first-order valence-electron chi connectivity index (χ1n) is 7.09. The Bertz CT molecular complexity index is 729. The molecule has 1 N–H and O–H groups in total. The van der Waals surface area contributed by atoms with E-state index in [1.165, 1.54) is 13.0 Å². The predicted molar refractivity (Wildman–Crippen MR) is 93.0 cm³/mol. The number of carbonyl (C=O) groups excluding carboxylic acids is 2. The molecule has 0 fully saturated rings. The summed E-state index contributed by atoms with van der Waals surface area (Å²) < 4.78 is 10.6. The van der Waals surface area contributed by atoms with Crippen LogP contribution in [0.25, 0.3) is 0 Å². The summed E-state index contributed by atoms with van der Waals surface area (Å²) in [5, 5.41) is 3.37. The zero-order valence-electron chi connectivity index (χ0n) is 12.8. The number of halogens is 2. The molecule has 0 bridgehead atoms. The number of amides is 1. The van der Waals surface area contributed by atoms with Crippen LogP contribution in [-0.2, 0) is 9.53 Å². The fourth-order valence-corrected chi connectivity index (χ4v) is 2.42. The van der Waals surface area contributed by atoms with Gasteiger partial charge in [-0.25, -0.2) is 4.79 Å². The van der Waals surface area contributed by atoms with Crippen LogP contribution in [0.5, 0.6) is 5.75 Å². The van der Waals surface area contributed by atoms with E-state index in [-0.39, 0.29) is 19.1 Å². The molecule has 7 heteroatoms. The molecule has 0 aromatic heterocycles. The van der Waals surface area contributed by atoms with Crippen molar-refractivity contribution >= 4 is 40.8 Å². The van der Waals surface area contributed by atoms with Crippen molar-refractivity contribution in [3.63, 3.8) is 0 Å². The Morgan fingerprint density at radius 3 is 2.38 bits per heavy atom. The molecule has 2 aromatic rings. The molecule has 126 valence electrons. The molecule has 0 heterocycles. The van der Waals surface area contributed by atoms with Crippen LogP contribution in [0.1, 0.15) is 17.3 Å². The van der Waals surface area contributed by atoms with Crippen LogP contribution in [0.4, 0.5) is 5.69 Å². The summed E-state index contributed by atoms with van der Waals surface area (Å²) in [4.78, 5) is 23.0. The summed E-state index contributed by atoms with van der Waals surface area (Å²) in [5.74, 6) is -0.383. The number of nitrogens with one attached hydrogen (secondary N) is 1. The third-order valence-corrected chi connectivity index (χ3v) is 3.50. The third-order valence-electron chi connectivity index (χ3n) is 2.90. The van der Waals surface area contributed by atoms with Crippen LogP contribution in [0.2, 0.25) is 10.0 Å². The summed E-state index contributed by atoms with van der Waals surface area (Å²) >= 11 is 11.9. The lowest BCUT2D eigenvalue weighted by Gasteiger charge is -2.10. The van der Waals surface area contributed by atoms with Crippen LogP contribution >= 0.6 is 23.2 Å². The average Bonchev–Trinajstić information content (AvgIpc) is 2.53. The predicted octanol–water partition coefficient (Wildman–Crippen LogP) is 4.19. The molecule has 0 atom stereocenters. The van der Waals surface area contributed by atoms with Gasteiger partial charge in [-0.05, 0) is 30.3 Å². The normalized spacial score (nSPS) is 10.1. The van der Waals surface area contributed by atoms with E-state index in [1.807, 2.05) is 0 Å². The van der Waals surface area contributed by atoms with Crippen molar-refractivity contribution in [2.45, 2.75) is 6.92 Å². The third kappa shape index (κ3) is 5.15. The van der Waals surface area contributed by atoms with Gasteiger partial charge < -0.3 is 14.8 Å². The van der Waals surface area contributed by atoms with E-state index in [4.69, 9.17) is 32.7 Å². The Hall–Kier alpha value is -2.24. The number of benzene rings is 2. The van der Waals surface area contributed by atoms with Gasteiger partial charge in [-0.1, -0.05) is 35.3 Å². The minimum absolute atomic E-state index is 0.0325. The average molecular weight is 368 g/mol. The number of esters is 1. The molecule has 0 radical (unpaired) electrons. The van der Waals surface area contributed by atoms with Crippen molar-refractivity contribution < 1.29 is 19.1 Å². The number of carbonyl (C=O) groups is 2. The number of hydrogen-bond acceptors (Lipinski definition) is 4. The summed E-state index contributed by atoms with van der Waals surface area (Å²) in [6.07, 6.45) is 0. The molecule has 5 nitrogen and oxygen atoms in total. The Morgan fingerprint density at radius 2 is 1.71 bits per heavy atom.